The number of benzene rings is 1. The van der Waals surface area contributed by atoms with Crippen molar-refractivity contribution in [1.82, 2.24) is 9.97 Å². The normalized spacial score (nSPS) is 18.3. The second-order valence-electron chi connectivity index (χ2n) is 6.55. The van der Waals surface area contributed by atoms with Crippen LogP contribution in [0.2, 0.25) is 0 Å². The molecule has 0 saturated heterocycles. The van der Waals surface area contributed by atoms with E-state index in [1.165, 1.54) is 31.2 Å². The predicted octanol–water partition coefficient (Wildman–Crippen LogP) is 2.34. The SMILES string of the molecule is C[C@@]1(c2cc(CC(=O)c3ncc(OCF)nc3N)ccc2F)C=C(CF)OC(N)=N1. The number of aromatic nitrogens is 2. The second kappa shape index (κ2) is 8.39. The first-order valence-corrected chi connectivity index (χ1v) is 8.70. The van der Waals surface area contributed by atoms with Gasteiger partial charge in [0, 0.05) is 12.0 Å². The van der Waals surface area contributed by atoms with Crippen molar-refractivity contribution in [2.75, 3.05) is 19.3 Å². The Hall–Kier alpha value is -3.63. The number of nitrogens with two attached hydrogens (primary N) is 2. The van der Waals surface area contributed by atoms with Crippen LogP contribution in [0.25, 0.3) is 0 Å². The lowest BCUT2D eigenvalue weighted by Gasteiger charge is -2.28. The molecular weight excluding hydrogens is 403 g/mol. The number of hydrogen-bond donors (Lipinski definition) is 2. The summed E-state index contributed by atoms with van der Waals surface area (Å²) in [7, 11) is 0. The molecule has 0 unspecified atom stereocenters. The maximum atomic E-state index is 14.6. The first kappa shape index (κ1) is 21.1. The minimum Gasteiger partial charge on any atom is -0.445 e. The molecule has 8 nitrogen and oxygen atoms in total. The highest BCUT2D eigenvalue weighted by Crippen LogP contribution is 2.34. The van der Waals surface area contributed by atoms with Gasteiger partial charge in [-0.2, -0.15) is 4.98 Å². The number of nitrogens with zero attached hydrogens (tertiary/aromatic N) is 3. The van der Waals surface area contributed by atoms with Gasteiger partial charge in [0.15, 0.2) is 11.6 Å². The van der Waals surface area contributed by atoms with Crippen LogP contribution < -0.4 is 16.2 Å². The number of allylic oxidation sites excluding steroid dienone is 1. The Morgan fingerprint density at radius 3 is 2.73 bits per heavy atom. The highest BCUT2D eigenvalue weighted by molar-refractivity contribution is 5.99. The molecule has 0 aliphatic carbocycles. The summed E-state index contributed by atoms with van der Waals surface area (Å²) in [5.74, 6) is -1.59. The average molecular weight is 421 g/mol. The summed E-state index contributed by atoms with van der Waals surface area (Å²) in [6.07, 6.45) is 2.21. The minimum atomic E-state index is -1.32. The molecule has 1 aliphatic heterocycles. The van der Waals surface area contributed by atoms with Gasteiger partial charge >= 0.3 is 0 Å². The van der Waals surface area contributed by atoms with Crippen LogP contribution in [0.15, 0.2) is 41.2 Å². The minimum absolute atomic E-state index is 0.0794. The van der Waals surface area contributed by atoms with Crippen LogP contribution in [-0.4, -0.2) is 35.3 Å². The van der Waals surface area contributed by atoms with E-state index in [4.69, 9.17) is 16.2 Å². The number of carbonyl (C=O) groups is 1. The molecule has 0 spiro atoms. The Bertz CT molecular complexity index is 1040. The summed E-state index contributed by atoms with van der Waals surface area (Å²) in [5, 5.41) is 0. The number of halogens is 3. The van der Waals surface area contributed by atoms with Gasteiger partial charge in [-0.25, -0.2) is 23.1 Å². The standard InChI is InChI=1S/C19H18F3N5O3/c1-19(6-11(7-20)30-18(24)27-19)12-4-10(2-3-13(12)22)5-14(28)16-17(23)26-15(8-25-16)29-9-21/h2-4,6,8H,5,7,9H2,1H3,(H2,23,26)(H2,24,27)/t19-/m0/s1. The smallest absolute Gasteiger partial charge is 0.288 e. The molecule has 1 aromatic heterocycles. The maximum Gasteiger partial charge on any atom is 0.288 e. The number of ether oxygens (including phenoxy) is 2. The molecular formula is C19H18F3N5O3. The lowest BCUT2D eigenvalue weighted by Crippen LogP contribution is -2.31. The Morgan fingerprint density at radius 1 is 1.30 bits per heavy atom. The second-order valence-corrected chi connectivity index (χ2v) is 6.55. The molecule has 2 aromatic rings. The third-order valence-corrected chi connectivity index (χ3v) is 4.34. The van der Waals surface area contributed by atoms with Crippen LogP contribution in [0.3, 0.4) is 0 Å². The molecule has 2 heterocycles. The zero-order chi connectivity index (χ0) is 21.9. The molecule has 1 aromatic carbocycles. The van der Waals surface area contributed by atoms with Crippen LogP contribution in [0.5, 0.6) is 5.88 Å². The summed E-state index contributed by atoms with van der Waals surface area (Å²) >= 11 is 0. The number of amidine groups is 1. The van der Waals surface area contributed by atoms with E-state index in [-0.39, 0.29) is 41.2 Å². The van der Waals surface area contributed by atoms with E-state index >= 15 is 0 Å². The number of aliphatic imine (C=N–C) groups is 1. The molecule has 11 heteroatoms. The molecule has 0 fully saturated rings. The third-order valence-electron chi connectivity index (χ3n) is 4.34. The summed E-state index contributed by atoms with van der Waals surface area (Å²) < 4.78 is 49.3. The van der Waals surface area contributed by atoms with E-state index in [2.05, 4.69) is 19.7 Å². The van der Waals surface area contributed by atoms with Gasteiger partial charge in [-0.3, -0.25) is 4.79 Å². The first-order valence-electron chi connectivity index (χ1n) is 8.70. The Balaban J connectivity index is 1.90. The molecule has 0 amide bonds. The van der Waals surface area contributed by atoms with Crippen molar-refractivity contribution in [2.45, 2.75) is 18.9 Å². The summed E-state index contributed by atoms with van der Waals surface area (Å²) in [5.41, 5.74) is 10.3. The van der Waals surface area contributed by atoms with Crippen molar-refractivity contribution in [3.8, 4) is 5.88 Å². The lowest BCUT2D eigenvalue weighted by atomic mass is 9.88. The van der Waals surface area contributed by atoms with Crippen LogP contribution in [0.4, 0.5) is 19.0 Å². The number of anilines is 1. The van der Waals surface area contributed by atoms with E-state index < -0.39 is 30.7 Å². The monoisotopic (exact) mass is 421 g/mol. The largest absolute Gasteiger partial charge is 0.445 e. The maximum absolute atomic E-state index is 14.6. The van der Waals surface area contributed by atoms with Gasteiger partial charge in [0.2, 0.25) is 12.7 Å². The van der Waals surface area contributed by atoms with Crippen LogP contribution >= 0.6 is 0 Å². The van der Waals surface area contributed by atoms with Gasteiger partial charge < -0.3 is 20.9 Å². The fourth-order valence-corrected chi connectivity index (χ4v) is 3.03. The van der Waals surface area contributed by atoms with Crippen LogP contribution in [0.1, 0.15) is 28.5 Å². The van der Waals surface area contributed by atoms with E-state index in [0.717, 1.165) is 6.20 Å². The zero-order valence-electron chi connectivity index (χ0n) is 15.9. The highest BCUT2D eigenvalue weighted by Gasteiger charge is 2.32. The number of ketones is 1. The Labute approximate surface area is 169 Å². The molecule has 1 atom stereocenters. The van der Waals surface area contributed by atoms with Gasteiger partial charge in [-0.1, -0.05) is 6.07 Å². The third kappa shape index (κ3) is 4.34. The number of Topliss-reactive ketones (excluding diaryl/α,β-unsaturated/α-hetero) is 1. The van der Waals surface area contributed by atoms with Crippen LogP contribution in [-0.2, 0) is 16.7 Å². The van der Waals surface area contributed by atoms with E-state index in [1.807, 2.05) is 0 Å². The van der Waals surface area contributed by atoms with Gasteiger partial charge in [-0.15, -0.1) is 0 Å². The quantitative estimate of drug-likeness (QED) is 0.657. The number of alkyl halides is 2. The predicted molar refractivity (Wildman–Crippen MR) is 102 cm³/mol. The lowest BCUT2D eigenvalue weighted by molar-refractivity contribution is 0.0988. The number of carbonyl (C=O) groups excluding carboxylic acids is 1. The van der Waals surface area contributed by atoms with Gasteiger partial charge in [0.1, 0.15) is 29.5 Å². The topological polar surface area (TPSA) is 126 Å². The van der Waals surface area contributed by atoms with Crippen molar-refractivity contribution in [1.29, 1.82) is 0 Å². The van der Waals surface area contributed by atoms with Crippen LogP contribution in [0, 0.1) is 5.82 Å². The van der Waals surface area contributed by atoms with Crippen molar-refractivity contribution in [2.24, 2.45) is 10.7 Å². The molecule has 1 aliphatic rings. The first-order chi connectivity index (χ1) is 14.3. The Morgan fingerprint density at radius 2 is 2.07 bits per heavy atom. The number of nitrogen functional groups attached to an aromatic ring is 1. The summed E-state index contributed by atoms with van der Waals surface area (Å²) in [4.78, 5) is 24.3. The molecule has 4 N–H and O–H groups in total. The number of rotatable bonds is 7. The molecule has 3 rings (SSSR count). The molecule has 158 valence electrons. The van der Waals surface area contributed by atoms with Crippen molar-refractivity contribution in [3.63, 3.8) is 0 Å². The highest BCUT2D eigenvalue weighted by atomic mass is 19.1. The van der Waals surface area contributed by atoms with E-state index in [9.17, 15) is 18.0 Å². The fraction of sp³-hybridized carbons (Fsp3) is 0.263. The molecule has 0 saturated carbocycles. The van der Waals surface area contributed by atoms with Gasteiger partial charge in [0.05, 0.1) is 6.20 Å². The van der Waals surface area contributed by atoms with Gasteiger partial charge in [-0.05, 0) is 30.7 Å². The summed E-state index contributed by atoms with van der Waals surface area (Å²) in [6.45, 7) is -0.518. The fourth-order valence-electron chi connectivity index (χ4n) is 3.03. The average Bonchev–Trinajstić information content (AvgIpc) is 2.69. The molecule has 0 bridgehead atoms. The van der Waals surface area contributed by atoms with Crippen molar-refractivity contribution < 1.29 is 27.4 Å². The number of hydrogen-bond acceptors (Lipinski definition) is 8. The summed E-state index contributed by atoms with van der Waals surface area (Å²) in [6, 6.07) is 3.70. The Kier molecular flexibility index (Phi) is 5.90. The molecule has 30 heavy (non-hydrogen) atoms. The van der Waals surface area contributed by atoms with Gasteiger partial charge in [0.25, 0.3) is 6.02 Å². The zero-order valence-corrected chi connectivity index (χ0v) is 15.9. The van der Waals surface area contributed by atoms with E-state index in [0.29, 0.717) is 5.56 Å². The van der Waals surface area contributed by atoms with Crippen molar-refractivity contribution in [3.05, 3.63) is 58.9 Å². The van der Waals surface area contributed by atoms with Crippen molar-refractivity contribution >= 4 is 17.6 Å². The molecule has 0 radical (unpaired) electrons. The van der Waals surface area contributed by atoms with E-state index in [1.54, 1.807) is 0 Å².